The van der Waals surface area contributed by atoms with Gasteiger partial charge in [0, 0.05) is 10.9 Å². The Balaban J connectivity index is 2.93. The van der Waals surface area contributed by atoms with Crippen LogP contribution in [0, 0.1) is 6.92 Å². The van der Waals surface area contributed by atoms with Crippen molar-refractivity contribution in [2.45, 2.75) is 19.3 Å². The fraction of sp³-hybridized carbons (Fsp3) is 0.375. The molecule has 0 saturated carbocycles. The van der Waals surface area contributed by atoms with Gasteiger partial charge in [-0.3, -0.25) is 4.79 Å². The van der Waals surface area contributed by atoms with Gasteiger partial charge < -0.3 is 5.11 Å². The van der Waals surface area contributed by atoms with Crippen LogP contribution in [-0.2, 0) is 10.7 Å². The van der Waals surface area contributed by atoms with Gasteiger partial charge in [-0.15, -0.1) is 0 Å². The van der Waals surface area contributed by atoms with E-state index in [1.54, 1.807) is 12.3 Å². The van der Waals surface area contributed by atoms with E-state index in [2.05, 4.69) is 0 Å². The number of hydrogen-bond acceptors (Lipinski definition) is 2. The molecule has 1 aromatic heterocycles. The minimum absolute atomic E-state index is 0.181. The molecule has 72 valence electrons. The Kier molecular flexibility index (Phi) is 2.66. The Morgan fingerprint density at radius 3 is 2.62 bits per heavy atom. The molecule has 0 bridgehead atoms. The van der Waals surface area contributed by atoms with Gasteiger partial charge in [-0.2, -0.15) is 11.3 Å². The normalized spacial score (nSPS) is 11.6. The molecular weight excluding hydrogens is 198 g/mol. The summed E-state index contributed by atoms with van der Waals surface area (Å²) in [7, 11) is 0. The van der Waals surface area contributed by atoms with Crippen molar-refractivity contribution in [2.24, 2.45) is 0 Å². The third-order valence-corrected chi connectivity index (χ3v) is 2.48. The van der Waals surface area contributed by atoms with Crippen molar-refractivity contribution in [3.63, 3.8) is 0 Å². The molecule has 1 aromatic rings. The van der Waals surface area contributed by atoms with Crippen molar-refractivity contribution in [3.05, 3.63) is 21.9 Å². The number of alkyl halides is 2. The number of halogens is 2. The first-order valence-electron chi connectivity index (χ1n) is 3.56. The third-order valence-electron chi connectivity index (χ3n) is 1.62. The molecular formula is C8H8F2O2S. The number of aryl methyl sites for hydroxylation is 1. The van der Waals surface area contributed by atoms with E-state index in [0.29, 0.717) is 5.56 Å². The lowest BCUT2D eigenvalue weighted by molar-refractivity contribution is -0.145. The first-order valence-corrected chi connectivity index (χ1v) is 4.50. The zero-order valence-electron chi connectivity index (χ0n) is 6.88. The van der Waals surface area contributed by atoms with E-state index in [1.807, 2.05) is 0 Å². The van der Waals surface area contributed by atoms with Gasteiger partial charge in [0.1, 0.15) is 6.42 Å². The highest BCUT2D eigenvalue weighted by atomic mass is 32.1. The molecule has 0 saturated heterocycles. The second-order valence-corrected chi connectivity index (χ2v) is 3.49. The maximum absolute atomic E-state index is 13.1. The van der Waals surface area contributed by atoms with E-state index in [-0.39, 0.29) is 5.56 Å². The second-order valence-electron chi connectivity index (χ2n) is 2.74. The Hall–Kier alpha value is -0.970. The molecule has 0 fully saturated rings. The van der Waals surface area contributed by atoms with Crippen LogP contribution in [-0.4, -0.2) is 11.1 Å². The fourth-order valence-corrected chi connectivity index (χ4v) is 1.91. The van der Waals surface area contributed by atoms with Crippen LogP contribution in [0.1, 0.15) is 17.5 Å². The third kappa shape index (κ3) is 2.24. The first kappa shape index (κ1) is 10.1. The number of carbonyl (C=O) groups is 1. The summed E-state index contributed by atoms with van der Waals surface area (Å²) in [4.78, 5) is 10.1. The van der Waals surface area contributed by atoms with E-state index < -0.39 is 18.3 Å². The molecule has 1 N–H and O–H groups in total. The quantitative estimate of drug-likeness (QED) is 0.825. The van der Waals surface area contributed by atoms with Gasteiger partial charge in [-0.1, -0.05) is 0 Å². The van der Waals surface area contributed by atoms with Crippen molar-refractivity contribution in [2.75, 3.05) is 0 Å². The molecule has 0 unspecified atom stereocenters. The van der Waals surface area contributed by atoms with Gasteiger partial charge in [0.25, 0.3) is 5.92 Å². The van der Waals surface area contributed by atoms with Gasteiger partial charge in [0.15, 0.2) is 0 Å². The van der Waals surface area contributed by atoms with Gasteiger partial charge in [-0.05, 0) is 17.9 Å². The minimum atomic E-state index is -3.25. The Morgan fingerprint density at radius 2 is 2.23 bits per heavy atom. The molecule has 0 aliphatic heterocycles. The molecule has 1 rings (SSSR count). The standard InChI is InChI=1S/C8H8F2O2S/c1-5-3-13-4-6(5)8(9,10)2-7(11)12/h3-4H,2H2,1H3,(H,11,12). The zero-order valence-corrected chi connectivity index (χ0v) is 7.70. The largest absolute Gasteiger partial charge is 0.481 e. The highest BCUT2D eigenvalue weighted by Crippen LogP contribution is 2.35. The van der Waals surface area contributed by atoms with Gasteiger partial charge in [-0.25, -0.2) is 8.78 Å². The topological polar surface area (TPSA) is 37.3 Å². The van der Waals surface area contributed by atoms with Crippen molar-refractivity contribution >= 4 is 17.3 Å². The lowest BCUT2D eigenvalue weighted by Crippen LogP contribution is -2.18. The summed E-state index contributed by atoms with van der Waals surface area (Å²) in [6.07, 6.45) is -1.15. The molecule has 0 aliphatic rings. The van der Waals surface area contributed by atoms with Gasteiger partial charge in [0.2, 0.25) is 0 Å². The number of aliphatic carboxylic acids is 1. The monoisotopic (exact) mass is 206 g/mol. The summed E-state index contributed by atoms with van der Waals surface area (Å²) in [5, 5.41) is 11.1. The van der Waals surface area contributed by atoms with Gasteiger partial charge >= 0.3 is 5.97 Å². The molecule has 0 aromatic carbocycles. The SMILES string of the molecule is Cc1cscc1C(F)(F)CC(=O)O. The highest BCUT2D eigenvalue weighted by Gasteiger charge is 2.36. The van der Waals surface area contributed by atoms with Crippen LogP contribution in [0.2, 0.25) is 0 Å². The fourth-order valence-electron chi connectivity index (χ4n) is 1.02. The zero-order chi connectivity index (χ0) is 10.1. The first-order chi connectivity index (χ1) is 5.93. The van der Waals surface area contributed by atoms with E-state index in [9.17, 15) is 13.6 Å². The Bertz CT molecular complexity index is 320. The molecule has 13 heavy (non-hydrogen) atoms. The van der Waals surface area contributed by atoms with Crippen molar-refractivity contribution < 1.29 is 18.7 Å². The van der Waals surface area contributed by atoms with Gasteiger partial charge in [0.05, 0.1) is 0 Å². The summed E-state index contributed by atoms with van der Waals surface area (Å²) in [5.74, 6) is -4.74. The number of carboxylic acids is 1. The average molecular weight is 206 g/mol. The summed E-state index contributed by atoms with van der Waals surface area (Å²) < 4.78 is 26.3. The van der Waals surface area contributed by atoms with E-state index in [0.717, 1.165) is 11.3 Å². The van der Waals surface area contributed by atoms with Crippen LogP contribution in [0.3, 0.4) is 0 Å². The van der Waals surface area contributed by atoms with Crippen LogP contribution in [0.4, 0.5) is 8.78 Å². The minimum Gasteiger partial charge on any atom is -0.481 e. The molecule has 1 heterocycles. The van der Waals surface area contributed by atoms with Crippen LogP contribution in [0.25, 0.3) is 0 Å². The lowest BCUT2D eigenvalue weighted by atomic mass is 10.1. The molecule has 5 heteroatoms. The number of hydrogen-bond donors (Lipinski definition) is 1. The Morgan fingerprint density at radius 1 is 1.62 bits per heavy atom. The van der Waals surface area contributed by atoms with Crippen LogP contribution < -0.4 is 0 Å². The summed E-state index contributed by atoms with van der Waals surface area (Å²) in [5.41, 5.74) is 0.260. The van der Waals surface area contributed by atoms with Crippen LogP contribution in [0.15, 0.2) is 10.8 Å². The van der Waals surface area contributed by atoms with Crippen molar-refractivity contribution in [1.82, 2.24) is 0 Å². The van der Waals surface area contributed by atoms with E-state index >= 15 is 0 Å². The molecule has 0 spiro atoms. The van der Waals surface area contributed by atoms with E-state index in [1.165, 1.54) is 5.38 Å². The number of thiophene rings is 1. The predicted octanol–water partition coefficient (Wildman–Crippen LogP) is 2.62. The predicted molar refractivity (Wildman–Crippen MR) is 45.2 cm³/mol. The molecule has 0 aliphatic carbocycles. The van der Waals surface area contributed by atoms with Crippen LogP contribution >= 0.6 is 11.3 Å². The Labute approximate surface area is 77.8 Å². The molecule has 2 nitrogen and oxygen atoms in total. The summed E-state index contributed by atoms with van der Waals surface area (Å²) in [6.45, 7) is 1.54. The molecule has 0 radical (unpaired) electrons. The van der Waals surface area contributed by atoms with Crippen molar-refractivity contribution in [1.29, 1.82) is 0 Å². The maximum Gasteiger partial charge on any atom is 0.309 e. The number of carboxylic acid groups (broad SMARTS) is 1. The second kappa shape index (κ2) is 3.41. The lowest BCUT2D eigenvalue weighted by Gasteiger charge is -2.13. The summed E-state index contributed by atoms with van der Waals surface area (Å²) >= 11 is 1.15. The molecule has 0 amide bonds. The van der Waals surface area contributed by atoms with E-state index in [4.69, 9.17) is 5.11 Å². The van der Waals surface area contributed by atoms with Crippen molar-refractivity contribution in [3.8, 4) is 0 Å². The highest BCUT2D eigenvalue weighted by molar-refractivity contribution is 7.08. The average Bonchev–Trinajstić information content (AvgIpc) is 2.32. The molecule has 0 atom stereocenters. The van der Waals surface area contributed by atoms with Crippen LogP contribution in [0.5, 0.6) is 0 Å². The summed E-state index contributed by atoms with van der Waals surface area (Å²) in [6, 6.07) is 0. The smallest absolute Gasteiger partial charge is 0.309 e. The maximum atomic E-state index is 13.1. The number of rotatable bonds is 3.